The van der Waals surface area contributed by atoms with Crippen LogP contribution in [0.2, 0.25) is 0 Å². The van der Waals surface area contributed by atoms with Crippen molar-refractivity contribution < 1.29 is 4.52 Å². The summed E-state index contributed by atoms with van der Waals surface area (Å²) in [6.45, 7) is 14.7. The zero-order valence-corrected chi connectivity index (χ0v) is 17.1. The van der Waals surface area contributed by atoms with E-state index < -0.39 is 0 Å². The molecule has 2 N–H and O–H groups in total. The summed E-state index contributed by atoms with van der Waals surface area (Å²) in [7, 11) is 0. The van der Waals surface area contributed by atoms with Crippen LogP contribution in [0.15, 0.2) is 9.52 Å². The van der Waals surface area contributed by atoms with Crippen molar-refractivity contribution >= 4 is 5.96 Å². The molecule has 1 aromatic heterocycles. The first-order valence-corrected chi connectivity index (χ1v) is 10.4. The maximum absolute atomic E-state index is 5.45. The van der Waals surface area contributed by atoms with Crippen molar-refractivity contribution in [2.45, 2.75) is 66.3 Å². The van der Waals surface area contributed by atoms with E-state index >= 15 is 0 Å². The van der Waals surface area contributed by atoms with E-state index in [-0.39, 0.29) is 0 Å². The van der Waals surface area contributed by atoms with Gasteiger partial charge in [-0.1, -0.05) is 32.3 Å². The summed E-state index contributed by atoms with van der Waals surface area (Å²) in [5, 5.41) is 11.0. The maximum Gasteiger partial charge on any atom is 0.191 e. The molecule has 0 bridgehead atoms. The van der Waals surface area contributed by atoms with Crippen molar-refractivity contribution in [1.82, 2.24) is 20.7 Å². The molecule has 1 unspecified atom stereocenters. The highest BCUT2D eigenvalue weighted by Crippen LogP contribution is 2.16. The number of aromatic nitrogens is 1. The van der Waals surface area contributed by atoms with Crippen LogP contribution in [0.25, 0.3) is 0 Å². The molecule has 6 nitrogen and oxygen atoms in total. The quantitative estimate of drug-likeness (QED) is 0.522. The van der Waals surface area contributed by atoms with Gasteiger partial charge in [-0.15, -0.1) is 0 Å². The zero-order valence-electron chi connectivity index (χ0n) is 17.1. The maximum atomic E-state index is 5.45. The molecule has 1 atom stereocenters. The fraction of sp³-hybridized carbons (Fsp3) is 0.800. The topological polar surface area (TPSA) is 65.7 Å². The number of hydrogen-bond acceptors (Lipinski definition) is 4. The molecular formula is C20H37N5O. The lowest BCUT2D eigenvalue weighted by Gasteiger charge is -2.29. The number of guanidine groups is 1. The smallest absolute Gasteiger partial charge is 0.191 e. The summed E-state index contributed by atoms with van der Waals surface area (Å²) in [5.74, 6) is 2.44. The third-order valence-electron chi connectivity index (χ3n) is 4.98. The Kier molecular flexibility index (Phi) is 8.95. The summed E-state index contributed by atoms with van der Waals surface area (Å²) in [5.41, 5.74) is 2.17. The molecule has 1 saturated heterocycles. The van der Waals surface area contributed by atoms with Crippen LogP contribution >= 0.6 is 0 Å². The van der Waals surface area contributed by atoms with Gasteiger partial charge in [-0.25, -0.2) is 4.99 Å². The Bertz CT molecular complexity index is 527. The SMILES string of the molecule is CCNC(=NCc1c(CC)noc1CC)NCC(C)CN1CCCCC1. The van der Waals surface area contributed by atoms with Gasteiger partial charge >= 0.3 is 0 Å². The van der Waals surface area contributed by atoms with Gasteiger partial charge in [-0.3, -0.25) is 0 Å². The second-order valence-corrected chi connectivity index (χ2v) is 7.28. The van der Waals surface area contributed by atoms with E-state index in [9.17, 15) is 0 Å². The molecule has 1 aliphatic rings. The number of likely N-dealkylation sites (tertiary alicyclic amines) is 1. The number of aryl methyl sites for hydroxylation is 2. The molecule has 0 amide bonds. The Labute approximate surface area is 158 Å². The van der Waals surface area contributed by atoms with E-state index in [1.807, 2.05) is 0 Å². The van der Waals surface area contributed by atoms with Crippen LogP contribution in [0.5, 0.6) is 0 Å². The Morgan fingerprint density at radius 1 is 1.15 bits per heavy atom. The van der Waals surface area contributed by atoms with Crippen LogP contribution in [0.3, 0.4) is 0 Å². The van der Waals surface area contributed by atoms with Gasteiger partial charge in [0.2, 0.25) is 0 Å². The predicted octanol–water partition coefficient (Wildman–Crippen LogP) is 2.98. The molecule has 2 heterocycles. The third-order valence-corrected chi connectivity index (χ3v) is 4.98. The normalized spacial score (nSPS) is 17.3. The summed E-state index contributed by atoms with van der Waals surface area (Å²) in [6, 6.07) is 0. The summed E-state index contributed by atoms with van der Waals surface area (Å²) >= 11 is 0. The number of piperidine rings is 1. The Hall–Kier alpha value is -1.56. The molecule has 2 rings (SSSR count). The Balaban J connectivity index is 1.88. The first-order valence-electron chi connectivity index (χ1n) is 10.4. The van der Waals surface area contributed by atoms with E-state index in [2.05, 4.69) is 48.4 Å². The van der Waals surface area contributed by atoms with Gasteiger partial charge in [0, 0.05) is 31.6 Å². The summed E-state index contributed by atoms with van der Waals surface area (Å²) < 4.78 is 5.45. The molecule has 0 saturated carbocycles. The monoisotopic (exact) mass is 363 g/mol. The van der Waals surface area contributed by atoms with Crippen LogP contribution in [-0.2, 0) is 19.4 Å². The molecular weight excluding hydrogens is 326 g/mol. The lowest BCUT2D eigenvalue weighted by molar-refractivity contribution is 0.201. The first-order chi connectivity index (χ1) is 12.7. The standard InChI is InChI=1S/C20H37N5O/c1-5-18-17(19(6-2)26-24-18)14-23-20(21-7-3)22-13-16(4)15-25-11-9-8-10-12-25/h16H,5-15H2,1-4H3,(H2,21,22,23). The van der Waals surface area contributed by atoms with Crippen molar-refractivity contribution in [3.05, 3.63) is 17.0 Å². The van der Waals surface area contributed by atoms with Crippen molar-refractivity contribution in [1.29, 1.82) is 0 Å². The Morgan fingerprint density at radius 2 is 1.92 bits per heavy atom. The molecule has 0 aromatic carbocycles. The number of aliphatic imine (C=N–C) groups is 1. The molecule has 1 fully saturated rings. The van der Waals surface area contributed by atoms with Crippen molar-refractivity contribution in [3.8, 4) is 0 Å². The van der Waals surface area contributed by atoms with Gasteiger partial charge in [0.15, 0.2) is 5.96 Å². The van der Waals surface area contributed by atoms with Crippen LogP contribution in [-0.4, -0.2) is 48.7 Å². The second kappa shape index (κ2) is 11.2. The lowest BCUT2D eigenvalue weighted by atomic mass is 10.1. The van der Waals surface area contributed by atoms with Crippen molar-refractivity contribution in [2.75, 3.05) is 32.7 Å². The van der Waals surface area contributed by atoms with E-state index in [1.54, 1.807) is 0 Å². The molecule has 1 aromatic rings. The molecule has 6 heteroatoms. The largest absolute Gasteiger partial charge is 0.361 e. The zero-order chi connectivity index (χ0) is 18.8. The minimum absolute atomic E-state index is 0.602. The highest BCUT2D eigenvalue weighted by atomic mass is 16.5. The van der Waals surface area contributed by atoms with Crippen LogP contribution in [0.1, 0.15) is 64.0 Å². The van der Waals surface area contributed by atoms with Crippen LogP contribution < -0.4 is 10.6 Å². The van der Waals surface area contributed by atoms with Gasteiger partial charge < -0.3 is 20.1 Å². The lowest BCUT2D eigenvalue weighted by Crippen LogP contribution is -2.42. The van der Waals surface area contributed by atoms with Crippen molar-refractivity contribution in [3.63, 3.8) is 0 Å². The van der Waals surface area contributed by atoms with E-state index in [0.29, 0.717) is 12.5 Å². The van der Waals surface area contributed by atoms with Gasteiger partial charge in [-0.2, -0.15) is 0 Å². The first kappa shape index (κ1) is 20.7. The number of hydrogen-bond donors (Lipinski definition) is 2. The number of rotatable bonds is 9. The van der Waals surface area contributed by atoms with Crippen molar-refractivity contribution in [2.24, 2.45) is 10.9 Å². The number of nitrogens with one attached hydrogen (secondary N) is 2. The summed E-state index contributed by atoms with van der Waals surface area (Å²) in [6.07, 6.45) is 5.83. The third kappa shape index (κ3) is 6.31. The van der Waals surface area contributed by atoms with Gasteiger partial charge in [0.1, 0.15) is 5.76 Å². The van der Waals surface area contributed by atoms with E-state index in [0.717, 1.165) is 55.5 Å². The minimum atomic E-state index is 0.602. The minimum Gasteiger partial charge on any atom is -0.361 e. The number of nitrogens with zero attached hydrogens (tertiary/aromatic N) is 3. The highest BCUT2D eigenvalue weighted by molar-refractivity contribution is 5.79. The predicted molar refractivity (Wildman–Crippen MR) is 108 cm³/mol. The van der Waals surface area contributed by atoms with Crippen LogP contribution in [0, 0.1) is 5.92 Å². The fourth-order valence-electron chi connectivity index (χ4n) is 3.53. The Morgan fingerprint density at radius 3 is 2.58 bits per heavy atom. The van der Waals surface area contributed by atoms with Gasteiger partial charge in [0.25, 0.3) is 0 Å². The second-order valence-electron chi connectivity index (χ2n) is 7.28. The molecule has 26 heavy (non-hydrogen) atoms. The average Bonchev–Trinajstić information content (AvgIpc) is 3.06. The highest BCUT2D eigenvalue weighted by Gasteiger charge is 2.15. The fourth-order valence-corrected chi connectivity index (χ4v) is 3.53. The average molecular weight is 364 g/mol. The molecule has 1 aliphatic heterocycles. The van der Waals surface area contributed by atoms with E-state index in [1.165, 1.54) is 32.4 Å². The molecule has 0 aliphatic carbocycles. The van der Waals surface area contributed by atoms with E-state index in [4.69, 9.17) is 9.52 Å². The molecule has 0 spiro atoms. The van der Waals surface area contributed by atoms with Gasteiger partial charge in [0.05, 0.1) is 12.2 Å². The molecule has 148 valence electrons. The van der Waals surface area contributed by atoms with Crippen LogP contribution in [0.4, 0.5) is 0 Å². The van der Waals surface area contributed by atoms with Gasteiger partial charge in [-0.05, 0) is 45.2 Å². The summed E-state index contributed by atoms with van der Waals surface area (Å²) in [4.78, 5) is 7.37. The molecule has 0 radical (unpaired) electrons.